The first-order valence-electron chi connectivity index (χ1n) is 43.2. The average Bonchev–Trinajstić information content (AvgIpc) is 1.57. The van der Waals surface area contributed by atoms with Gasteiger partial charge in [-0.1, -0.05) is 315 Å². The summed E-state index contributed by atoms with van der Waals surface area (Å²) in [6, 6.07) is 114. The van der Waals surface area contributed by atoms with Crippen LogP contribution in [0.1, 0.15) is 77.0 Å². The van der Waals surface area contributed by atoms with Crippen LogP contribution in [-0.2, 0) is 0 Å². The lowest BCUT2D eigenvalue weighted by atomic mass is 9.74. The molecule has 5 aliphatic heterocycles. The quantitative estimate of drug-likeness (QED) is 0.0468. The van der Waals surface area contributed by atoms with Gasteiger partial charge < -0.3 is 18.9 Å². The fraction of sp³-hybridized carbons (Fsp3) is 0.308. The molecule has 12 aromatic carbocycles. The van der Waals surface area contributed by atoms with Gasteiger partial charge in [-0.15, -0.1) is 0 Å². The number of rotatable bonds is 16. The molecule has 8 N–H and O–H groups in total. The van der Waals surface area contributed by atoms with E-state index in [9.17, 15) is 0 Å². The first-order chi connectivity index (χ1) is 57.5. The minimum absolute atomic E-state index is 0.0567. The van der Waals surface area contributed by atoms with E-state index in [0.29, 0.717) is 0 Å². The number of benzene rings is 12. The van der Waals surface area contributed by atoms with E-state index in [1.807, 2.05) is 0 Å². The molecule has 5 saturated heterocycles. The van der Waals surface area contributed by atoms with Gasteiger partial charge in [0.2, 0.25) is 0 Å². The van der Waals surface area contributed by atoms with Crippen LogP contribution in [0.4, 0.5) is 0 Å². The van der Waals surface area contributed by atoms with Crippen LogP contribution in [0.2, 0.25) is 0 Å². The molecule has 9 fully saturated rings. The minimum atomic E-state index is -0.161. The predicted octanol–water partition coefficient (Wildman–Crippen LogP) is 20.2. The maximum absolute atomic E-state index is 8.07. The maximum atomic E-state index is 8.07. The second-order valence-corrected chi connectivity index (χ2v) is 34.1. The van der Waals surface area contributed by atoms with Gasteiger partial charge in [0, 0.05) is 68.2 Å². The van der Waals surface area contributed by atoms with Crippen molar-refractivity contribution in [3.63, 3.8) is 0 Å². The van der Waals surface area contributed by atoms with Crippen molar-refractivity contribution in [2.24, 2.45) is 47.3 Å². The third-order valence-electron chi connectivity index (χ3n) is 27.7. The highest BCUT2D eigenvalue weighted by molar-refractivity contribution is 5.86. The molecular formula is C104H104N8O4. The van der Waals surface area contributed by atoms with E-state index in [1.54, 1.807) is 0 Å². The molecule has 0 aromatic heterocycles. The van der Waals surface area contributed by atoms with Gasteiger partial charge in [-0.05, 0) is 145 Å². The molecule has 4 saturated carbocycles. The Kier molecular flexibility index (Phi) is 20.5. The molecule has 4 aliphatic carbocycles. The average molecular weight is 1530 g/mol. The van der Waals surface area contributed by atoms with E-state index in [0.717, 1.165) is 189 Å². The maximum Gasteiger partial charge on any atom is 0.135 e. The molecule has 5 heterocycles. The Balaban J connectivity index is 0.708. The van der Waals surface area contributed by atoms with Crippen LogP contribution in [0, 0.1) is 47.3 Å². The molecule has 0 spiro atoms. The van der Waals surface area contributed by atoms with E-state index in [4.69, 9.17) is 18.9 Å². The van der Waals surface area contributed by atoms with Crippen LogP contribution in [0.15, 0.2) is 315 Å². The minimum Gasteiger partial charge on any atom is -0.489 e. The summed E-state index contributed by atoms with van der Waals surface area (Å²) >= 11 is 0. The molecule has 584 valence electrons. The van der Waals surface area contributed by atoms with Gasteiger partial charge in [-0.2, -0.15) is 0 Å². The van der Waals surface area contributed by atoms with E-state index >= 15 is 0 Å². The lowest BCUT2D eigenvalue weighted by Gasteiger charge is -2.41. The van der Waals surface area contributed by atoms with Gasteiger partial charge in [0.15, 0.2) is 0 Å². The number of fused-ring (bicyclic) bond motifs is 20. The molecule has 9 aliphatic rings. The van der Waals surface area contributed by atoms with Crippen molar-refractivity contribution in [2.45, 2.75) is 151 Å². The molecule has 116 heavy (non-hydrogen) atoms. The molecule has 12 unspecified atom stereocenters. The molecule has 0 radical (unpaired) electrons. The number of para-hydroxylation sites is 4. The standard InChI is InChI=1S/C104H104N8O4/c1-9-33-65(34-10-1)73-49-25-50-74(66-35-11-2-12-36-66)93(73)113-85-61-29-57-81-89(85)101-105-97(81)110-102-91-83(59-31-63-87(91)115-95-77(69-41-17-5-18-42-69)53-27-54-78(95)70-43-19-6-20-44-70)99(107-102)112-104-92-84(60-32-64-88(92)116-96-79(71-45-21-7-22-46-71)55-28-56-80(96)72-47-23-8-24-48-72)100(108-104)111-103-90-82(98(106-103)109-101)58-30-62-86(90)114-94-75(67-37-13-3-14-38-67)51-26-52-76(94)68-39-15-4-16-40-68/h1-28,33-56,81-92,97-112H,29-32,57-64H2. The van der Waals surface area contributed by atoms with Crippen molar-refractivity contribution in [1.29, 1.82) is 0 Å². The number of hydrogen-bond donors (Lipinski definition) is 8. The van der Waals surface area contributed by atoms with Crippen molar-refractivity contribution in [2.75, 3.05) is 0 Å². The van der Waals surface area contributed by atoms with Crippen LogP contribution in [-0.4, -0.2) is 73.7 Å². The molecule has 12 heteroatoms. The third kappa shape index (κ3) is 14.1. The highest BCUT2D eigenvalue weighted by Crippen LogP contribution is 2.53. The van der Waals surface area contributed by atoms with Crippen LogP contribution >= 0.6 is 0 Å². The Morgan fingerprint density at radius 1 is 0.164 bits per heavy atom. The molecule has 12 atom stereocenters. The van der Waals surface area contributed by atoms with Crippen molar-refractivity contribution in [3.8, 4) is 112 Å². The van der Waals surface area contributed by atoms with Crippen LogP contribution < -0.4 is 61.5 Å². The molecular weight excluding hydrogens is 1430 g/mol. The second kappa shape index (κ2) is 32.5. The zero-order valence-corrected chi connectivity index (χ0v) is 65.7. The third-order valence-corrected chi connectivity index (χ3v) is 27.7. The predicted molar refractivity (Wildman–Crippen MR) is 466 cm³/mol. The lowest BCUT2D eigenvalue weighted by Crippen LogP contribution is -2.62. The molecule has 0 amide bonds. The lowest BCUT2D eigenvalue weighted by molar-refractivity contribution is 0.0257. The zero-order chi connectivity index (χ0) is 76.8. The van der Waals surface area contributed by atoms with E-state index < -0.39 is 0 Å². The fourth-order valence-corrected chi connectivity index (χ4v) is 22.6. The summed E-state index contributed by atoms with van der Waals surface area (Å²) in [7, 11) is 0. The highest BCUT2D eigenvalue weighted by atomic mass is 16.5. The molecule has 21 rings (SSSR count). The Labute approximate surface area is 683 Å². The van der Waals surface area contributed by atoms with Crippen molar-refractivity contribution in [3.05, 3.63) is 315 Å². The van der Waals surface area contributed by atoms with Gasteiger partial charge >= 0.3 is 0 Å². The highest BCUT2D eigenvalue weighted by Gasteiger charge is 2.60. The largest absolute Gasteiger partial charge is 0.489 e. The van der Waals surface area contributed by atoms with Crippen molar-refractivity contribution in [1.82, 2.24) is 42.5 Å². The SMILES string of the molecule is c1ccc(-c2cccc(-c3ccccc3)c2OC2CCCC3C4NC(NC5NC(NC6NC(NC7NC(N4)C4C(Oc8c(-c9ccccc9)cccc8-c8ccccc8)CCCC74)C4C(Oc7c(-c8ccccc8)cccc7-c7ccccc7)CCCC64)C4C(Oc6c(-c7ccccc7)cccc6-c6ccccc6)CCCC54)C23)cc1. The van der Waals surface area contributed by atoms with E-state index in [1.165, 1.54) is 0 Å². The monoisotopic (exact) mass is 1530 g/mol. The fourth-order valence-electron chi connectivity index (χ4n) is 22.6. The summed E-state index contributed by atoms with van der Waals surface area (Å²) < 4.78 is 32.3. The summed E-state index contributed by atoms with van der Waals surface area (Å²) in [4.78, 5) is 0. The van der Waals surface area contributed by atoms with Crippen LogP contribution in [0.25, 0.3) is 89.0 Å². The molecule has 8 bridgehead atoms. The number of nitrogens with one attached hydrogen (secondary N) is 8. The van der Waals surface area contributed by atoms with Crippen LogP contribution in [0.5, 0.6) is 23.0 Å². The van der Waals surface area contributed by atoms with Crippen molar-refractivity contribution >= 4 is 0 Å². The Morgan fingerprint density at radius 2 is 0.319 bits per heavy atom. The number of hydrogen-bond acceptors (Lipinski definition) is 12. The van der Waals surface area contributed by atoms with Gasteiger partial charge in [0.1, 0.15) is 47.4 Å². The van der Waals surface area contributed by atoms with Gasteiger partial charge in [0.05, 0.1) is 49.3 Å². The zero-order valence-electron chi connectivity index (χ0n) is 65.7. The molecule has 12 aromatic rings. The van der Waals surface area contributed by atoms with Crippen molar-refractivity contribution < 1.29 is 18.9 Å². The Bertz CT molecular complexity index is 4450. The summed E-state index contributed by atoms with van der Waals surface area (Å²) in [5.74, 6) is 4.74. The molecule has 12 nitrogen and oxygen atoms in total. The van der Waals surface area contributed by atoms with Gasteiger partial charge in [0.25, 0.3) is 0 Å². The van der Waals surface area contributed by atoms with Crippen LogP contribution in [0.3, 0.4) is 0 Å². The topological polar surface area (TPSA) is 133 Å². The van der Waals surface area contributed by atoms with Gasteiger partial charge in [-0.3, -0.25) is 42.5 Å². The normalized spacial score (nSPS) is 29.7. The summed E-state index contributed by atoms with van der Waals surface area (Å²) in [6.45, 7) is 0. The summed E-state index contributed by atoms with van der Waals surface area (Å²) in [6.07, 6.45) is 10.3. The van der Waals surface area contributed by atoms with E-state index in [2.05, 4.69) is 358 Å². The summed E-state index contributed by atoms with van der Waals surface area (Å²) in [5.41, 5.74) is 18.0. The first kappa shape index (κ1) is 73.2. The first-order valence-corrected chi connectivity index (χ1v) is 43.2. The van der Waals surface area contributed by atoms with Gasteiger partial charge in [-0.25, -0.2) is 0 Å². The summed E-state index contributed by atoms with van der Waals surface area (Å²) in [5, 5.41) is 36.5. The smallest absolute Gasteiger partial charge is 0.135 e. The number of ether oxygens (including phenoxy) is 4. The van der Waals surface area contributed by atoms with E-state index in [-0.39, 0.29) is 121 Å². The second-order valence-electron chi connectivity index (χ2n) is 34.1. The Hall–Kier alpha value is -10.5. The Morgan fingerprint density at radius 3 is 0.474 bits per heavy atom.